The predicted molar refractivity (Wildman–Crippen MR) is 106 cm³/mol. The quantitative estimate of drug-likeness (QED) is 0.825. The molecule has 1 aliphatic rings. The number of carbonyl (C=O) groups excluding carboxylic acids is 2. The zero-order valence-corrected chi connectivity index (χ0v) is 16.4. The van der Waals surface area contributed by atoms with E-state index in [0.717, 1.165) is 47.6 Å². The maximum atomic E-state index is 11.4. The molecular weight excluding hydrogens is 360 g/mol. The van der Waals surface area contributed by atoms with Gasteiger partial charge in [0, 0.05) is 18.7 Å². The summed E-state index contributed by atoms with van der Waals surface area (Å²) in [6.45, 7) is 1.30. The second-order valence-corrected chi connectivity index (χ2v) is 6.05. The van der Waals surface area contributed by atoms with Gasteiger partial charge < -0.3 is 24.8 Å². The van der Waals surface area contributed by atoms with Crippen LogP contribution in [-0.2, 0) is 17.6 Å². The van der Waals surface area contributed by atoms with E-state index in [-0.39, 0.29) is 5.91 Å². The summed E-state index contributed by atoms with van der Waals surface area (Å²) < 4.78 is 14.5. The van der Waals surface area contributed by atoms with Crippen molar-refractivity contribution in [3.63, 3.8) is 0 Å². The standard InChI is InChI=1S/C11H15NO3.C10H11NO2/c1-14-10-5-3-9(4-6-10)7-8-12-11(13)15-2;1-13-8-3-2-7-4-5-11-10(12)9(7)6-8/h3-6H,7-8H2,1-2H3,(H,12,13);2-3,6H,4-5H2,1H3,(H,11,12). The highest BCUT2D eigenvalue weighted by Gasteiger charge is 2.16. The summed E-state index contributed by atoms with van der Waals surface area (Å²) in [5.74, 6) is 1.57. The Labute approximate surface area is 165 Å². The van der Waals surface area contributed by atoms with Crippen LogP contribution >= 0.6 is 0 Å². The van der Waals surface area contributed by atoms with E-state index in [1.165, 1.54) is 7.11 Å². The Morgan fingerprint density at radius 3 is 2.36 bits per heavy atom. The van der Waals surface area contributed by atoms with E-state index >= 15 is 0 Å². The smallest absolute Gasteiger partial charge is 0.406 e. The second-order valence-electron chi connectivity index (χ2n) is 6.05. The van der Waals surface area contributed by atoms with Gasteiger partial charge in [-0.1, -0.05) is 18.2 Å². The lowest BCUT2D eigenvalue weighted by Crippen LogP contribution is -2.31. The van der Waals surface area contributed by atoms with Crippen LogP contribution in [0.1, 0.15) is 21.5 Å². The van der Waals surface area contributed by atoms with Crippen LogP contribution in [0.15, 0.2) is 42.5 Å². The third kappa shape index (κ3) is 6.19. The molecule has 0 bridgehead atoms. The van der Waals surface area contributed by atoms with E-state index < -0.39 is 6.09 Å². The number of methoxy groups -OCH3 is 3. The Balaban J connectivity index is 0.000000202. The number of rotatable bonds is 5. The molecular formula is C21H26N2O5. The molecule has 0 spiro atoms. The first kappa shape index (κ1) is 21.1. The first-order valence-electron chi connectivity index (χ1n) is 8.97. The zero-order chi connectivity index (χ0) is 20.4. The number of amides is 2. The summed E-state index contributed by atoms with van der Waals surface area (Å²) in [6, 6.07) is 13.4. The third-order valence-electron chi connectivity index (χ3n) is 4.27. The molecule has 0 aromatic heterocycles. The summed E-state index contributed by atoms with van der Waals surface area (Å²) in [4.78, 5) is 22.1. The Morgan fingerprint density at radius 1 is 1.04 bits per heavy atom. The molecule has 0 aliphatic carbocycles. The number of hydrogen-bond donors (Lipinski definition) is 2. The number of ether oxygens (including phenoxy) is 3. The van der Waals surface area contributed by atoms with Gasteiger partial charge in [0.05, 0.1) is 21.3 Å². The Hall–Kier alpha value is -3.22. The molecule has 0 unspecified atom stereocenters. The molecule has 0 radical (unpaired) electrons. The average molecular weight is 386 g/mol. The molecule has 1 heterocycles. The zero-order valence-electron chi connectivity index (χ0n) is 16.4. The predicted octanol–water partition coefficient (Wildman–Crippen LogP) is 2.57. The van der Waals surface area contributed by atoms with Crippen molar-refractivity contribution in [2.24, 2.45) is 0 Å². The van der Waals surface area contributed by atoms with Gasteiger partial charge >= 0.3 is 6.09 Å². The highest BCUT2D eigenvalue weighted by molar-refractivity contribution is 5.97. The van der Waals surface area contributed by atoms with Crippen molar-refractivity contribution >= 4 is 12.0 Å². The average Bonchev–Trinajstić information content (AvgIpc) is 2.74. The minimum Gasteiger partial charge on any atom is -0.497 e. The fourth-order valence-electron chi connectivity index (χ4n) is 2.69. The van der Waals surface area contributed by atoms with Crippen LogP contribution in [0.2, 0.25) is 0 Å². The minimum atomic E-state index is -0.400. The van der Waals surface area contributed by atoms with E-state index in [1.807, 2.05) is 36.4 Å². The summed E-state index contributed by atoms with van der Waals surface area (Å²) in [7, 11) is 4.58. The molecule has 1 aliphatic heterocycles. The van der Waals surface area contributed by atoms with Crippen molar-refractivity contribution in [2.75, 3.05) is 34.4 Å². The van der Waals surface area contributed by atoms with Gasteiger partial charge in [0.2, 0.25) is 0 Å². The molecule has 3 rings (SSSR count). The number of nitrogens with one attached hydrogen (secondary N) is 2. The lowest BCUT2D eigenvalue weighted by molar-refractivity contribution is 0.0945. The molecule has 0 saturated carbocycles. The summed E-state index contributed by atoms with van der Waals surface area (Å²) in [5, 5.41) is 5.41. The minimum absolute atomic E-state index is 0.000139. The van der Waals surface area contributed by atoms with Crippen molar-refractivity contribution in [2.45, 2.75) is 12.8 Å². The molecule has 7 heteroatoms. The van der Waals surface area contributed by atoms with E-state index in [1.54, 1.807) is 20.3 Å². The first-order valence-corrected chi connectivity index (χ1v) is 8.97. The van der Waals surface area contributed by atoms with Gasteiger partial charge in [0.1, 0.15) is 11.5 Å². The molecule has 0 fully saturated rings. The van der Waals surface area contributed by atoms with Gasteiger partial charge in [-0.25, -0.2) is 4.79 Å². The van der Waals surface area contributed by atoms with Crippen molar-refractivity contribution < 1.29 is 23.8 Å². The van der Waals surface area contributed by atoms with E-state index in [9.17, 15) is 9.59 Å². The largest absolute Gasteiger partial charge is 0.497 e. The van der Waals surface area contributed by atoms with Gasteiger partial charge in [-0.05, 0) is 48.2 Å². The lowest BCUT2D eigenvalue weighted by atomic mass is 10.0. The molecule has 2 aromatic rings. The van der Waals surface area contributed by atoms with Gasteiger partial charge in [-0.2, -0.15) is 0 Å². The van der Waals surface area contributed by atoms with E-state index in [0.29, 0.717) is 6.54 Å². The number of alkyl carbamates (subject to hydrolysis) is 1. The summed E-state index contributed by atoms with van der Waals surface area (Å²) >= 11 is 0. The number of benzene rings is 2. The fraction of sp³-hybridized carbons (Fsp3) is 0.333. The van der Waals surface area contributed by atoms with Crippen LogP contribution in [0.3, 0.4) is 0 Å². The number of fused-ring (bicyclic) bond motifs is 1. The van der Waals surface area contributed by atoms with Crippen molar-refractivity contribution in [3.05, 3.63) is 59.2 Å². The van der Waals surface area contributed by atoms with Gasteiger partial charge in [0.15, 0.2) is 0 Å². The van der Waals surface area contributed by atoms with Crippen molar-refractivity contribution in [3.8, 4) is 11.5 Å². The fourth-order valence-corrected chi connectivity index (χ4v) is 2.69. The van der Waals surface area contributed by atoms with Gasteiger partial charge in [-0.15, -0.1) is 0 Å². The van der Waals surface area contributed by atoms with Gasteiger partial charge in [0.25, 0.3) is 5.91 Å². The molecule has 0 saturated heterocycles. The summed E-state index contributed by atoms with van der Waals surface area (Å²) in [5.41, 5.74) is 2.99. The van der Waals surface area contributed by atoms with Crippen LogP contribution in [0.4, 0.5) is 4.79 Å². The van der Waals surface area contributed by atoms with Crippen LogP contribution in [0.25, 0.3) is 0 Å². The number of carbonyl (C=O) groups is 2. The Morgan fingerprint density at radius 2 is 1.71 bits per heavy atom. The Kier molecular flexibility index (Phi) is 8.14. The monoisotopic (exact) mass is 386 g/mol. The van der Waals surface area contributed by atoms with Crippen molar-refractivity contribution in [1.82, 2.24) is 10.6 Å². The SMILES string of the molecule is COC(=O)NCCc1ccc(OC)cc1.COc1ccc2c(c1)C(=O)NCC2. The van der Waals surface area contributed by atoms with Crippen LogP contribution in [0, 0.1) is 0 Å². The molecule has 0 atom stereocenters. The highest BCUT2D eigenvalue weighted by Crippen LogP contribution is 2.20. The molecule has 2 amide bonds. The van der Waals surface area contributed by atoms with Crippen molar-refractivity contribution in [1.29, 1.82) is 0 Å². The maximum absolute atomic E-state index is 11.4. The Bertz CT molecular complexity index is 790. The summed E-state index contributed by atoms with van der Waals surface area (Å²) in [6.07, 6.45) is 1.29. The molecule has 2 aromatic carbocycles. The van der Waals surface area contributed by atoms with Gasteiger partial charge in [-0.3, -0.25) is 4.79 Å². The highest BCUT2D eigenvalue weighted by atomic mass is 16.5. The molecule has 7 nitrogen and oxygen atoms in total. The van der Waals surface area contributed by atoms with E-state index in [4.69, 9.17) is 9.47 Å². The maximum Gasteiger partial charge on any atom is 0.406 e. The second kappa shape index (κ2) is 10.8. The number of hydrogen-bond acceptors (Lipinski definition) is 5. The van der Waals surface area contributed by atoms with Crippen LogP contribution in [0.5, 0.6) is 11.5 Å². The van der Waals surface area contributed by atoms with E-state index in [2.05, 4.69) is 15.4 Å². The molecule has 28 heavy (non-hydrogen) atoms. The molecule has 2 N–H and O–H groups in total. The van der Waals surface area contributed by atoms with Crippen LogP contribution in [-0.4, -0.2) is 46.4 Å². The normalized spacial score (nSPS) is 11.9. The molecule has 150 valence electrons. The van der Waals surface area contributed by atoms with Crippen LogP contribution < -0.4 is 20.1 Å². The topological polar surface area (TPSA) is 85.9 Å². The third-order valence-corrected chi connectivity index (χ3v) is 4.27. The lowest BCUT2D eigenvalue weighted by Gasteiger charge is -2.16. The first-order chi connectivity index (χ1) is 13.6.